The van der Waals surface area contributed by atoms with E-state index in [-0.39, 0.29) is 5.91 Å². The van der Waals surface area contributed by atoms with Crippen molar-refractivity contribution < 1.29 is 13.9 Å². The van der Waals surface area contributed by atoms with Gasteiger partial charge in [-0.25, -0.2) is 4.98 Å². The zero-order valence-corrected chi connectivity index (χ0v) is 19.7. The molecule has 6 heteroatoms. The van der Waals surface area contributed by atoms with Gasteiger partial charge in [0.05, 0.1) is 12.9 Å². The molecule has 2 aromatic heterocycles. The van der Waals surface area contributed by atoms with Gasteiger partial charge in [-0.1, -0.05) is 23.8 Å². The van der Waals surface area contributed by atoms with E-state index in [2.05, 4.69) is 48.4 Å². The van der Waals surface area contributed by atoms with Crippen LogP contribution in [-0.4, -0.2) is 17.5 Å². The summed E-state index contributed by atoms with van der Waals surface area (Å²) in [6.07, 6.45) is 5.05. The molecule has 0 saturated heterocycles. The molecule has 0 radical (unpaired) electrons. The van der Waals surface area contributed by atoms with Gasteiger partial charge in [0.25, 0.3) is 0 Å². The topological polar surface area (TPSA) is 64.4 Å². The van der Waals surface area contributed by atoms with E-state index in [0.29, 0.717) is 11.7 Å². The highest BCUT2D eigenvalue weighted by Crippen LogP contribution is 2.41. The Hall–Kier alpha value is -3.38. The molecule has 0 bridgehead atoms. The first-order valence-electron chi connectivity index (χ1n) is 10.5. The molecule has 2 heterocycles. The molecule has 0 fully saturated rings. The van der Waals surface area contributed by atoms with Gasteiger partial charge in [0.2, 0.25) is 5.91 Å². The summed E-state index contributed by atoms with van der Waals surface area (Å²) in [7, 11) is 0. The third-order valence-corrected chi connectivity index (χ3v) is 6.13. The van der Waals surface area contributed by atoms with Crippen LogP contribution in [0.25, 0.3) is 27.7 Å². The molecule has 4 aromatic rings. The van der Waals surface area contributed by atoms with Crippen LogP contribution in [0.4, 0.5) is 5.13 Å². The maximum atomic E-state index is 12.5. The standard InChI is InChI=1S/C26H26N2O3S/c1-6-30-24-18(5)25-21(22(14-31-25)19-8-7-15(2)11-16(19)3)13-20(24)17(4)12-23(29)28-26-27-9-10-32-26/h7-14H,6H2,1-5H3,(H,27,28,29)/b17-12+. The number of ether oxygens (including phenoxy) is 1. The molecule has 1 amide bonds. The second-order valence-electron chi connectivity index (χ2n) is 7.81. The second-order valence-corrected chi connectivity index (χ2v) is 8.70. The summed E-state index contributed by atoms with van der Waals surface area (Å²) >= 11 is 1.38. The molecule has 0 aliphatic rings. The molecule has 4 rings (SSSR count). The average molecular weight is 447 g/mol. The van der Waals surface area contributed by atoms with Crippen molar-refractivity contribution in [3.05, 3.63) is 70.4 Å². The van der Waals surface area contributed by atoms with Crippen molar-refractivity contribution in [1.29, 1.82) is 0 Å². The van der Waals surface area contributed by atoms with Crippen molar-refractivity contribution in [1.82, 2.24) is 4.98 Å². The number of rotatable bonds is 6. The number of carbonyl (C=O) groups is 1. The first kappa shape index (κ1) is 21.8. The molecule has 32 heavy (non-hydrogen) atoms. The Kier molecular flexibility index (Phi) is 6.15. The van der Waals surface area contributed by atoms with E-state index in [4.69, 9.17) is 9.15 Å². The van der Waals surface area contributed by atoms with Gasteiger partial charge in [-0.3, -0.25) is 10.1 Å². The maximum Gasteiger partial charge on any atom is 0.250 e. The van der Waals surface area contributed by atoms with Crippen LogP contribution in [0.3, 0.4) is 0 Å². The summed E-state index contributed by atoms with van der Waals surface area (Å²) in [5.74, 6) is 0.511. The molecule has 5 nitrogen and oxygen atoms in total. The molecule has 0 spiro atoms. The number of hydrogen-bond donors (Lipinski definition) is 1. The van der Waals surface area contributed by atoms with Gasteiger partial charge in [-0.05, 0) is 57.4 Å². The van der Waals surface area contributed by atoms with Crippen molar-refractivity contribution in [2.75, 3.05) is 11.9 Å². The lowest BCUT2D eigenvalue weighted by Crippen LogP contribution is -2.08. The van der Waals surface area contributed by atoms with E-state index in [9.17, 15) is 4.79 Å². The fraction of sp³-hybridized carbons (Fsp3) is 0.231. The van der Waals surface area contributed by atoms with Crippen LogP contribution in [-0.2, 0) is 4.79 Å². The van der Waals surface area contributed by atoms with Gasteiger partial charge in [0.1, 0.15) is 11.3 Å². The second kappa shape index (κ2) is 9.01. The summed E-state index contributed by atoms with van der Waals surface area (Å²) in [6.45, 7) is 10.6. The Labute approximate surface area is 191 Å². The van der Waals surface area contributed by atoms with Crippen molar-refractivity contribution in [3.8, 4) is 16.9 Å². The Morgan fingerprint density at radius 1 is 1.22 bits per heavy atom. The van der Waals surface area contributed by atoms with Crippen LogP contribution in [0.1, 0.15) is 36.1 Å². The predicted molar refractivity (Wildman–Crippen MR) is 131 cm³/mol. The van der Waals surface area contributed by atoms with E-state index in [0.717, 1.165) is 44.5 Å². The molecule has 0 atom stereocenters. The van der Waals surface area contributed by atoms with Crippen molar-refractivity contribution >= 4 is 38.9 Å². The third-order valence-electron chi connectivity index (χ3n) is 5.44. The summed E-state index contributed by atoms with van der Waals surface area (Å²) in [6, 6.07) is 8.47. The number of carbonyl (C=O) groups excluding carboxylic acids is 1. The zero-order valence-electron chi connectivity index (χ0n) is 18.9. The van der Waals surface area contributed by atoms with E-state index in [1.165, 1.54) is 22.5 Å². The van der Waals surface area contributed by atoms with E-state index in [1.54, 1.807) is 12.3 Å². The van der Waals surface area contributed by atoms with Crippen LogP contribution in [0.5, 0.6) is 5.75 Å². The number of anilines is 1. The number of fused-ring (bicyclic) bond motifs is 1. The van der Waals surface area contributed by atoms with Gasteiger partial charge in [0.15, 0.2) is 5.13 Å². The summed E-state index contributed by atoms with van der Waals surface area (Å²) in [5, 5.41) is 6.20. The number of aryl methyl sites for hydroxylation is 3. The first-order valence-corrected chi connectivity index (χ1v) is 11.4. The highest BCUT2D eigenvalue weighted by molar-refractivity contribution is 7.13. The number of thiazole rings is 1. The zero-order chi connectivity index (χ0) is 22.8. The molecule has 0 saturated carbocycles. The van der Waals surface area contributed by atoms with E-state index in [1.807, 2.05) is 32.4 Å². The number of nitrogens with one attached hydrogen (secondary N) is 1. The monoisotopic (exact) mass is 446 g/mol. The Morgan fingerprint density at radius 2 is 2.03 bits per heavy atom. The van der Waals surface area contributed by atoms with Crippen LogP contribution < -0.4 is 10.1 Å². The van der Waals surface area contributed by atoms with Crippen LogP contribution in [0.2, 0.25) is 0 Å². The Balaban J connectivity index is 1.84. The van der Waals surface area contributed by atoms with Gasteiger partial charge in [-0.15, -0.1) is 11.3 Å². The first-order chi connectivity index (χ1) is 15.4. The molecule has 164 valence electrons. The van der Waals surface area contributed by atoms with Crippen molar-refractivity contribution in [2.45, 2.75) is 34.6 Å². The number of benzene rings is 2. The summed E-state index contributed by atoms with van der Waals surface area (Å²) < 4.78 is 12.0. The highest BCUT2D eigenvalue weighted by Gasteiger charge is 2.20. The SMILES string of the molecule is CCOc1c(/C(C)=C/C(=O)Nc2nccs2)cc2c(-c3ccc(C)cc3C)coc2c1C. The molecular formula is C26H26N2O3S. The van der Waals surface area contributed by atoms with Crippen molar-refractivity contribution in [3.63, 3.8) is 0 Å². The molecule has 2 aromatic carbocycles. The minimum Gasteiger partial charge on any atom is -0.493 e. The lowest BCUT2D eigenvalue weighted by Gasteiger charge is -2.15. The molecule has 0 aliphatic carbocycles. The summed E-state index contributed by atoms with van der Waals surface area (Å²) in [5.41, 5.74) is 7.97. The van der Waals surface area contributed by atoms with Crippen molar-refractivity contribution in [2.24, 2.45) is 0 Å². The fourth-order valence-corrected chi connectivity index (χ4v) is 4.50. The quantitative estimate of drug-likeness (QED) is 0.326. The van der Waals surface area contributed by atoms with Gasteiger partial charge >= 0.3 is 0 Å². The van der Waals surface area contributed by atoms with E-state index < -0.39 is 0 Å². The minimum absolute atomic E-state index is 0.223. The lowest BCUT2D eigenvalue weighted by molar-refractivity contribution is -0.111. The normalized spacial score (nSPS) is 11.7. The largest absolute Gasteiger partial charge is 0.493 e. The highest BCUT2D eigenvalue weighted by atomic mass is 32.1. The third kappa shape index (κ3) is 4.18. The summed E-state index contributed by atoms with van der Waals surface area (Å²) in [4.78, 5) is 16.7. The van der Waals surface area contributed by atoms with Crippen LogP contribution >= 0.6 is 11.3 Å². The Bertz CT molecular complexity index is 1320. The average Bonchev–Trinajstić information content (AvgIpc) is 3.40. The maximum absolute atomic E-state index is 12.5. The fourth-order valence-electron chi connectivity index (χ4n) is 3.96. The number of nitrogens with zero attached hydrogens (tertiary/aromatic N) is 1. The smallest absolute Gasteiger partial charge is 0.250 e. The molecule has 0 aliphatic heterocycles. The van der Waals surface area contributed by atoms with Gasteiger partial charge in [-0.2, -0.15) is 0 Å². The van der Waals surface area contributed by atoms with E-state index >= 15 is 0 Å². The number of hydrogen-bond acceptors (Lipinski definition) is 5. The number of amides is 1. The van der Waals surface area contributed by atoms with Crippen LogP contribution in [0, 0.1) is 20.8 Å². The van der Waals surface area contributed by atoms with Crippen LogP contribution in [0.15, 0.2) is 52.6 Å². The molecular weight excluding hydrogens is 420 g/mol. The Morgan fingerprint density at radius 3 is 2.72 bits per heavy atom. The number of furan rings is 1. The lowest BCUT2D eigenvalue weighted by atomic mass is 9.94. The predicted octanol–water partition coefficient (Wildman–Crippen LogP) is 6.92. The van der Waals surface area contributed by atoms with Gasteiger partial charge < -0.3 is 9.15 Å². The molecule has 1 N–H and O–H groups in total. The van der Waals surface area contributed by atoms with Gasteiger partial charge in [0, 0.05) is 39.7 Å². The number of allylic oxidation sites excluding steroid dienone is 1. The molecule has 0 unspecified atom stereocenters. The number of aromatic nitrogens is 1. The minimum atomic E-state index is -0.223.